The van der Waals surface area contributed by atoms with Crippen LogP contribution in [0.5, 0.6) is 5.75 Å². The molecule has 0 saturated carbocycles. The Kier molecular flexibility index (Phi) is 7.56. The molecule has 3 aromatic rings. The highest BCUT2D eigenvalue weighted by Gasteiger charge is 2.59. The standard InChI is InChI=1S/C30H28Cl3N3O2/c1-6-38-25-17-21(28(2,3)18-34)11-16-24(25)26-35-29(4,19-7-12-22(31)13-8-19)30(5,36(26)27(33)37)20-9-14-23(32)15-10-20/h7-17H,6H2,1-5H3. The molecule has 0 radical (unpaired) electrons. The normalized spacial score (nSPS) is 21.1. The van der Waals surface area contributed by atoms with Gasteiger partial charge in [-0.3, -0.25) is 14.7 Å². The van der Waals surface area contributed by atoms with E-state index >= 15 is 0 Å². The van der Waals surface area contributed by atoms with Crippen LogP contribution >= 0.6 is 34.8 Å². The van der Waals surface area contributed by atoms with Gasteiger partial charge in [-0.05, 0) is 99.3 Å². The van der Waals surface area contributed by atoms with Crippen LogP contribution in [0, 0.1) is 11.3 Å². The Labute approximate surface area is 238 Å². The molecule has 0 saturated heterocycles. The molecule has 0 aliphatic carbocycles. The summed E-state index contributed by atoms with van der Waals surface area (Å²) in [6, 6.07) is 22.6. The van der Waals surface area contributed by atoms with Gasteiger partial charge in [0.1, 0.15) is 22.7 Å². The van der Waals surface area contributed by atoms with E-state index in [2.05, 4.69) is 6.07 Å². The molecule has 2 unspecified atom stereocenters. The lowest BCUT2D eigenvalue weighted by Crippen LogP contribution is -2.53. The maximum atomic E-state index is 13.3. The highest BCUT2D eigenvalue weighted by molar-refractivity contribution is 6.64. The van der Waals surface area contributed by atoms with Gasteiger partial charge in [-0.2, -0.15) is 5.26 Å². The first kappa shape index (κ1) is 28.0. The van der Waals surface area contributed by atoms with Crippen molar-refractivity contribution in [2.45, 2.75) is 51.1 Å². The maximum absolute atomic E-state index is 13.3. The average Bonchev–Trinajstić information content (AvgIpc) is 3.13. The number of halogens is 3. The predicted octanol–water partition coefficient (Wildman–Crippen LogP) is 8.45. The summed E-state index contributed by atoms with van der Waals surface area (Å²) in [7, 11) is 0. The number of hydrogen-bond donors (Lipinski definition) is 0. The van der Waals surface area contributed by atoms with E-state index in [0.717, 1.165) is 16.7 Å². The molecule has 3 aromatic carbocycles. The van der Waals surface area contributed by atoms with Crippen molar-refractivity contribution in [2.75, 3.05) is 6.61 Å². The molecule has 0 bridgehead atoms. The van der Waals surface area contributed by atoms with Gasteiger partial charge in [0.2, 0.25) is 0 Å². The Bertz CT molecular complexity index is 1450. The molecule has 196 valence electrons. The Morgan fingerprint density at radius 2 is 1.55 bits per heavy atom. The topological polar surface area (TPSA) is 65.7 Å². The Balaban J connectivity index is 2.03. The molecular weight excluding hydrogens is 541 g/mol. The summed E-state index contributed by atoms with van der Waals surface area (Å²) in [5, 5.41) is 10.2. The van der Waals surface area contributed by atoms with E-state index in [-0.39, 0.29) is 0 Å². The fourth-order valence-corrected chi connectivity index (χ4v) is 5.48. The number of aliphatic imine (C=N–C) groups is 1. The van der Waals surface area contributed by atoms with Crippen LogP contribution in [0.4, 0.5) is 4.79 Å². The minimum Gasteiger partial charge on any atom is -0.493 e. The number of hydrogen-bond acceptors (Lipinski definition) is 4. The molecule has 38 heavy (non-hydrogen) atoms. The fraction of sp³-hybridized carbons (Fsp3) is 0.300. The molecule has 8 heteroatoms. The molecule has 4 rings (SSSR count). The predicted molar refractivity (Wildman–Crippen MR) is 153 cm³/mol. The SMILES string of the molecule is CCOc1cc(C(C)(C)C#N)ccc1C1=NC(C)(c2ccc(Cl)cc2)C(C)(c2ccc(Cl)cc2)N1C(=O)Cl. The van der Waals surface area contributed by atoms with Crippen LogP contribution in [-0.4, -0.2) is 22.7 Å². The van der Waals surface area contributed by atoms with Crippen molar-refractivity contribution in [3.63, 3.8) is 0 Å². The Hall–Kier alpha value is -3.04. The monoisotopic (exact) mass is 567 g/mol. The second-order valence-electron chi connectivity index (χ2n) is 10.1. The first-order valence-corrected chi connectivity index (χ1v) is 13.3. The molecule has 1 aliphatic heterocycles. The summed E-state index contributed by atoms with van der Waals surface area (Å²) in [5.74, 6) is 0.874. The van der Waals surface area contributed by atoms with Gasteiger partial charge in [-0.15, -0.1) is 0 Å². The van der Waals surface area contributed by atoms with Crippen molar-refractivity contribution in [1.82, 2.24) is 4.90 Å². The van der Waals surface area contributed by atoms with Crippen LogP contribution in [-0.2, 0) is 16.5 Å². The third-order valence-corrected chi connectivity index (χ3v) is 8.12. The molecule has 0 N–H and O–H groups in total. The fourth-order valence-electron chi connectivity index (χ4n) is 4.98. The summed E-state index contributed by atoms with van der Waals surface area (Å²) in [5.41, 5.74) is 0.267. The summed E-state index contributed by atoms with van der Waals surface area (Å²) >= 11 is 18.8. The molecule has 0 aromatic heterocycles. The second kappa shape index (κ2) is 10.3. The largest absolute Gasteiger partial charge is 0.493 e. The van der Waals surface area contributed by atoms with Gasteiger partial charge >= 0.3 is 5.37 Å². The van der Waals surface area contributed by atoms with Gasteiger partial charge in [0.05, 0.1) is 23.7 Å². The third-order valence-electron chi connectivity index (χ3n) is 7.45. The van der Waals surface area contributed by atoms with Crippen molar-refractivity contribution >= 4 is 46.0 Å². The Morgan fingerprint density at radius 1 is 1.00 bits per heavy atom. The number of ether oxygens (including phenoxy) is 1. The van der Waals surface area contributed by atoms with Crippen LogP contribution in [0.3, 0.4) is 0 Å². The first-order valence-electron chi connectivity index (χ1n) is 12.2. The quantitative estimate of drug-likeness (QED) is 0.221. The van der Waals surface area contributed by atoms with Crippen molar-refractivity contribution in [1.29, 1.82) is 5.26 Å². The maximum Gasteiger partial charge on any atom is 0.322 e. The van der Waals surface area contributed by atoms with E-state index in [1.165, 1.54) is 4.90 Å². The van der Waals surface area contributed by atoms with Crippen LogP contribution in [0.25, 0.3) is 0 Å². The van der Waals surface area contributed by atoms with E-state index in [1.54, 1.807) is 24.3 Å². The van der Waals surface area contributed by atoms with Crippen LogP contribution < -0.4 is 4.74 Å². The summed E-state index contributed by atoms with van der Waals surface area (Å²) in [6.45, 7) is 9.85. The van der Waals surface area contributed by atoms with Crippen molar-refractivity contribution in [3.05, 3.63) is 99.0 Å². The van der Waals surface area contributed by atoms with E-state index < -0.39 is 21.9 Å². The lowest BCUT2D eigenvalue weighted by atomic mass is 9.71. The number of rotatable bonds is 6. The molecule has 0 fully saturated rings. The molecule has 1 aliphatic rings. The third kappa shape index (κ3) is 4.56. The van der Waals surface area contributed by atoms with E-state index in [0.29, 0.717) is 33.8 Å². The Morgan fingerprint density at radius 3 is 2.05 bits per heavy atom. The van der Waals surface area contributed by atoms with Crippen molar-refractivity contribution < 1.29 is 9.53 Å². The van der Waals surface area contributed by atoms with Gasteiger partial charge in [0.25, 0.3) is 0 Å². The number of amidine groups is 1. The number of nitrogens with zero attached hydrogens (tertiary/aromatic N) is 3. The number of benzene rings is 3. The number of amides is 1. The molecule has 2 atom stereocenters. The number of carbonyl (C=O) groups excluding carboxylic acids is 1. The summed E-state index contributed by atoms with van der Waals surface area (Å²) < 4.78 is 6.03. The molecular formula is C30H28Cl3N3O2. The van der Waals surface area contributed by atoms with Gasteiger partial charge < -0.3 is 4.74 Å². The first-order chi connectivity index (χ1) is 17.9. The van der Waals surface area contributed by atoms with Gasteiger partial charge in [0.15, 0.2) is 0 Å². The van der Waals surface area contributed by atoms with Crippen molar-refractivity contribution in [3.8, 4) is 11.8 Å². The molecule has 0 spiro atoms. The molecule has 1 amide bonds. The van der Waals surface area contributed by atoms with Crippen LogP contribution in [0.2, 0.25) is 10.0 Å². The van der Waals surface area contributed by atoms with Crippen LogP contribution in [0.1, 0.15) is 56.9 Å². The zero-order valence-corrected chi connectivity index (χ0v) is 24.1. The van der Waals surface area contributed by atoms with Crippen LogP contribution in [0.15, 0.2) is 71.7 Å². The summed E-state index contributed by atoms with van der Waals surface area (Å²) in [4.78, 5) is 20.0. The van der Waals surface area contributed by atoms with E-state index in [4.69, 9.17) is 44.5 Å². The van der Waals surface area contributed by atoms with E-state index in [9.17, 15) is 10.1 Å². The van der Waals surface area contributed by atoms with Gasteiger partial charge in [0, 0.05) is 10.0 Å². The lowest BCUT2D eigenvalue weighted by Gasteiger charge is -2.44. The zero-order valence-electron chi connectivity index (χ0n) is 21.8. The minimum atomic E-state index is -1.05. The zero-order chi connectivity index (χ0) is 27.9. The highest BCUT2D eigenvalue weighted by atomic mass is 35.5. The molecule has 5 nitrogen and oxygen atoms in total. The average molecular weight is 569 g/mol. The lowest BCUT2D eigenvalue weighted by molar-refractivity contribution is 0.149. The summed E-state index contributed by atoms with van der Waals surface area (Å²) in [6.07, 6.45) is 0. The minimum absolute atomic E-state index is 0.365. The smallest absolute Gasteiger partial charge is 0.322 e. The van der Waals surface area contributed by atoms with Crippen molar-refractivity contribution in [2.24, 2.45) is 4.99 Å². The highest BCUT2D eigenvalue weighted by Crippen LogP contribution is 2.54. The number of nitriles is 1. The van der Waals surface area contributed by atoms with E-state index in [1.807, 2.05) is 77.1 Å². The van der Waals surface area contributed by atoms with Gasteiger partial charge in [-0.1, -0.05) is 53.5 Å². The van der Waals surface area contributed by atoms with Gasteiger partial charge in [-0.25, -0.2) is 0 Å². The number of carbonyl (C=O) groups is 1. The second-order valence-corrected chi connectivity index (χ2v) is 11.3. The molecule has 1 heterocycles.